The molecule has 5 heteroatoms. The zero-order valence-electron chi connectivity index (χ0n) is 11.9. The molecule has 2 saturated heterocycles. The summed E-state index contributed by atoms with van der Waals surface area (Å²) in [6.45, 7) is 7.04. The van der Waals surface area contributed by atoms with Crippen LogP contribution in [0.4, 0.5) is 4.79 Å². The van der Waals surface area contributed by atoms with Crippen LogP contribution in [-0.2, 0) is 4.79 Å². The Labute approximate surface area is 114 Å². The summed E-state index contributed by atoms with van der Waals surface area (Å²) in [5.41, 5.74) is 0. The molecule has 0 aromatic carbocycles. The lowest BCUT2D eigenvalue weighted by molar-refractivity contribution is -0.142. The summed E-state index contributed by atoms with van der Waals surface area (Å²) in [5, 5.41) is 12.1. The second kappa shape index (κ2) is 5.39. The van der Waals surface area contributed by atoms with Crippen molar-refractivity contribution < 1.29 is 14.7 Å². The van der Waals surface area contributed by atoms with E-state index in [1.54, 1.807) is 4.90 Å². The van der Waals surface area contributed by atoms with E-state index in [1.165, 1.54) is 0 Å². The first-order valence-electron chi connectivity index (χ1n) is 7.20. The van der Waals surface area contributed by atoms with E-state index in [0.29, 0.717) is 24.8 Å². The van der Waals surface area contributed by atoms with Gasteiger partial charge < -0.3 is 15.3 Å². The molecule has 4 atom stereocenters. The molecule has 0 aromatic rings. The largest absolute Gasteiger partial charge is 0.481 e. The van der Waals surface area contributed by atoms with Crippen LogP contribution in [0.1, 0.15) is 40.0 Å². The van der Waals surface area contributed by atoms with Crippen molar-refractivity contribution in [2.75, 3.05) is 6.54 Å². The molecule has 108 valence electrons. The first-order chi connectivity index (χ1) is 8.91. The normalized spacial score (nSPS) is 30.7. The number of carbonyl (C=O) groups excluding carboxylic acids is 1. The fourth-order valence-electron chi connectivity index (χ4n) is 3.15. The van der Waals surface area contributed by atoms with Crippen molar-refractivity contribution in [1.82, 2.24) is 10.2 Å². The smallest absolute Gasteiger partial charge is 0.317 e. The van der Waals surface area contributed by atoms with Crippen molar-refractivity contribution in [2.45, 2.75) is 52.1 Å². The molecule has 0 spiro atoms. The van der Waals surface area contributed by atoms with E-state index in [-0.39, 0.29) is 24.0 Å². The first kappa shape index (κ1) is 14.2. The number of carboxylic acid groups (broad SMARTS) is 1. The Morgan fingerprint density at radius 2 is 2.00 bits per heavy atom. The van der Waals surface area contributed by atoms with Crippen LogP contribution in [0.5, 0.6) is 0 Å². The Morgan fingerprint density at radius 3 is 2.53 bits per heavy atom. The third-order valence-electron chi connectivity index (χ3n) is 4.80. The van der Waals surface area contributed by atoms with Crippen LogP contribution >= 0.6 is 0 Å². The Kier molecular flexibility index (Phi) is 4.02. The summed E-state index contributed by atoms with van der Waals surface area (Å²) in [5.74, 6) is -0.172. The number of amides is 2. The van der Waals surface area contributed by atoms with Gasteiger partial charge in [-0.2, -0.15) is 0 Å². The van der Waals surface area contributed by atoms with Gasteiger partial charge in [0.2, 0.25) is 0 Å². The van der Waals surface area contributed by atoms with Gasteiger partial charge in [0.25, 0.3) is 0 Å². The summed E-state index contributed by atoms with van der Waals surface area (Å²) in [6.07, 6.45) is 2.39. The molecule has 5 nitrogen and oxygen atoms in total. The summed E-state index contributed by atoms with van der Waals surface area (Å²) in [6, 6.07) is -0.0546. The maximum absolute atomic E-state index is 12.2. The third kappa shape index (κ3) is 2.69. The van der Waals surface area contributed by atoms with E-state index in [0.717, 1.165) is 12.8 Å². The minimum absolute atomic E-state index is 0.0799. The van der Waals surface area contributed by atoms with Gasteiger partial charge in [-0.3, -0.25) is 4.79 Å². The Balaban J connectivity index is 1.92. The van der Waals surface area contributed by atoms with Crippen LogP contribution in [0.15, 0.2) is 0 Å². The molecular formula is C14H24N2O3. The number of aliphatic carboxylic acids is 1. The molecule has 2 heterocycles. The zero-order valence-corrected chi connectivity index (χ0v) is 11.9. The number of urea groups is 1. The van der Waals surface area contributed by atoms with Crippen LogP contribution < -0.4 is 5.32 Å². The van der Waals surface area contributed by atoms with E-state index < -0.39 is 5.97 Å². The van der Waals surface area contributed by atoms with Gasteiger partial charge in [-0.1, -0.05) is 20.8 Å². The minimum Gasteiger partial charge on any atom is -0.481 e. The van der Waals surface area contributed by atoms with Gasteiger partial charge in [0, 0.05) is 18.6 Å². The van der Waals surface area contributed by atoms with Crippen LogP contribution in [-0.4, -0.2) is 40.6 Å². The Hall–Kier alpha value is -1.26. The molecular weight excluding hydrogens is 244 g/mol. The van der Waals surface area contributed by atoms with Crippen LogP contribution in [0.2, 0.25) is 0 Å². The van der Waals surface area contributed by atoms with Crippen LogP contribution in [0, 0.1) is 17.8 Å². The number of nitrogens with one attached hydrogen (secondary N) is 1. The summed E-state index contributed by atoms with van der Waals surface area (Å²) in [4.78, 5) is 25.2. The maximum Gasteiger partial charge on any atom is 0.317 e. The van der Waals surface area contributed by atoms with Gasteiger partial charge in [-0.05, 0) is 31.1 Å². The number of nitrogens with zero attached hydrogens (tertiary/aromatic N) is 1. The highest BCUT2D eigenvalue weighted by Gasteiger charge is 2.51. The SMILES string of the molecule is CC(C)C(C)CNC(=O)N1C2CCC1C(C(=O)O)C2. The van der Waals surface area contributed by atoms with E-state index in [9.17, 15) is 9.59 Å². The van der Waals surface area contributed by atoms with Gasteiger partial charge in [-0.15, -0.1) is 0 Å². The average Bonchev–Trinajstić information content (AvgIpc) is 2.92. The standard InChI is InChI=1S/C14H24N2O3/c1-8(2)9(3)7-15-14(19)16-10-4-5-12(16)11(6-10)13(17)18/h8-12H,4-7H2,1-3H3,(H,15,19)(H,17,18). The highest BCUT2D eigenvalue weighted by molar-refractivity contribution is 5.79. The average molecular weight is 268 g/mol. The van der Waals surface area contributed by atoms with Crippen molar-refractivity contribution in [3.8, 4) is 0 Å². The Bertz CT molecular complexity index is 370. The van der Waals surface area contributed by atoms with Crippen molar-refractivity contribution in [3.05, 3.63) is 0 Å². The van der Waals surface area contributed by atoms with Crippen molar-refractivity contribution in [3.63, 3.8) is 0 Å². The van der Waals surface area contributed by atoms with Crippen LogP contribution in [0.25, 0.3) is 0 Å². The second-order valence-corrected chi connectivity index (χ2v) is 6.29. The minimum atomic E-state index is -0.763. The summed E-state index contributed by atoms with van der Waals surface area (Å²) >= 11 is 0. The third-order valence-corrected chi connectivity index (χ3v) is 4.80. The van der Waals surface area contributed by atoms with E-state index in [2.05, 4.69) is 26.1 Å². The molecule has 2 amide bonds. The van der Waals surface area contributed by atoms with Crippen molar-refractivity contribution in [1.29, 1.82) is 0 Å². The number of fused-ring (bicyclic) bond motifs is 2. The predicted octanol–water partition coefficient (Wildman–Crippen LogP) is 1.93. The van der Waals surface area contributed by atoms with Gasteiger partial charge >= 0.3 is 12.0 Å². The lowest BCUT2D eigenvalue weighted by atomic mass is 9.89. The fourth-order valence-corrected chi connectivity index (χ4v) is 3.15. The summed E-state index contributed by atoms with van der Waals surface area (Å²) in [7, 11) is 0. The number of carbonyl (C=O) groups is 2. The fraction of sp³-hybridized carbons (Fsp3) is 0.857. The second-order valence-electron chi connectivity index (χ2n) is 6.29. The topological polar surface area (TPSA) is 69.6 Å². The molecule has 4 unspecified atom stereocenters. The molecule has 0 radical (unpaired) electrons. The molecule has 0 aromatic heterocycles. The van der Waals surface area contributed by atoms with E-state index >= 15 is 0 Å². The molecule has 2 bridgehead atoms. The molecule has 0 aliphatic carbocycles. The zero-order chi connectivity index (χ0) is 14.2. The molecule has 2 fully saturated rings. The predicted molar refractivity (Wildman–Crippen MR) is 71.8 cm³/mol. The van der Waals surface area contributed by atoms with Crippen LogP contribution in [0.3, 0.4) is 0 Å². The van der Waals surface area contributed by atoms with Gasteiger partial charge in [0.15, 0.2) is 0 Å². The highest BCUT2D eigenvalue weighted by Crippen LogP contribution is 2.41. The Morgan fingerprint density at radius 1 is 1.32 bits per heavy atom. The van der Waals surface area contributed by atoms with Gasteiger partial charge in [0.05, 0.1) is 5.92 Å². The van der Waals surface area contributed by atoms with Gasteiger partial charge in [-0.25, -0.2) is 4.79 Å². The number of hydrogen-bond donors (Lipinski definition) is 2. The monoisotopic (exact) mass is 268 g/mol. The van der Waals surface area contributed by atoms with Crippen molar-refractivity contribution in [2.24, 2.45) is 17.8 Å². The molecule has 19 heavy (non-hydrogen) atoms. The van der Waals surface area contributed by atoms with Crippen molar-refractivity contribution >= 4 is 12.0 Å². The number of carboxylic acids is 1. The highest BCUT2D eigenvalue weighted by atomic mass is 16.4. The van der Waals surface area contributed by atoms with E-state index in [1.807, 2.05) is 0 Å². The molecule has 2 aliphatic heterocycles. The lowest BCUT2D eigenvalue weighted by Gasteiger charge is -2.25. The maximum atomic E-state index is 12.2. The summed E-state index contributed by atoms with van der Waals surface area (Å²) < 4.78 is 0. The quantitative estimate of drug-likeness (QED) is 0.818. The molecule has 2 aliphatic rings. The first-order valence-corrected chi connectivity index (χ1v) is 7.20. The number of rotatable bonds is 4. The molecule has 0 saturated carbocycles. The van der Waals surface area contributed by atoms with E-state index in [4.69, 9.17) is 5.11 Å². The lowest BCUT2D eigenvalue weighted by Crippen LogP contribution is -2.45. The molecule has 2 N–H and O–H groups in total. The number of hydrogen-bond acceptors (Lipinski definition) is 2. The molecule has 2 rings (SSSR count). The van der Waals surface area contributed by atoms with Gasteiger partial charge in [0.1, 0.15) is 0 Å².